The number of carboxylic acids is 2. The smallest absolute Gasteiger partial charge is 0.342 e. The van der Waals surface area contributed by atoms with E-state index >= 15 is 0 Å². The fourth-order valence-corrected chi connectivity index (χ4v) is 2.96. The molecule has 3 aromatic rings. The van der Waals surface area contributed by atoms with Crippen molar-refractivity contribution in [3.8, 4) is 22.3 Å². The van der Waals surface area contributed by atoms with E-state index in [9.17, 15) is 29.0 Å². The summed E-state index contributed by atoms with van der Waals surface area (Å²) >= 11 is 5.67. The average Bonchev–Trinajstić information content (AvgIpc) is 2.62. The zero-order valence-electron chi connectivity index (χ0n) is 14.0. The molecule has 2 aromatic carbocycles. The maximum absolute atomic E-state index is 13.7. The van der Waals surface area contributed by atoms with Crippen molar-refractivity contribution in [3.05, 3.63) is 74.8 Å². The predicted octanol–water partition coefficient (Wildman–Crippen LogP) is 3.48. The molecular weight excluding hydrogens is 391 g/mol. The molecule has 0 aliphatic heterocycles. The van der Waals surface area contributed by atoms with Gasteiger partial charge < -0.3 is 20.9 Å². The van der Waals surface area contributed by atoms with Crippen molar-refractivity contribution in [2.24, 2.45) is 0 Å². The Kier molecular flexibility index (Phi) is 4.89. The van der Waals surface area contributed by atoms with Gasteiger partial charge in [0.1, 0.15) is 22.8 Å². The van der Waals surface area contributed by atoms with Gasteiger partial charge in [0.2, 0.25) is 0 Å². The molecule has 0 fully saturated rings. The van der Waals surface area contributed by atoms with Crippen LogP contribution in [-0.2, 0) is 0 Å². The number of aromatic amines is 1. The zero-order chi connectivity index (χ0) is 20.6. The number of pyridine rings is 1. The van der Waals surface area contributed by atoms with Crippen LogP contribution in [0.2, 0.25) is 5.02 Å². The fraction of sp³-hybridized carbons (Fsp3) is 0. The Labute approximate surface area is 161 Å². The van der Waals surface area contributed by atoms with Crippen LogP contribution in [0.4, 0.5) is 10.2 Å². The van der Waals surface area contributed by atoms with E-state index in [4.69, 9.17) is 17.3 Å². The molecule has 0 atom stereocenters. The number of anilines is 1. The molecule has 0 amide bonds. The molecule has 0 unspecified atom stereocenters. The highest BCUT2D eigenvalue weighted by Gasteiger charge is 2.26. The normalized spacial score (nSPS) is 10.6. The van der Waals surface area contributed by atoms with E-state index in [1.807, 2.05) is 4.98 Å². The van der Waals surface area contributed by atoms with Gasteiger partial charge in [-0.1, -0.05) is 41.9 Å². The number of hydrogen-bond donors (Lipinski definition) is 4. The number of nitrogen functional groups attached to an aromatic ring is 1. The first-order valence-corrected chi connectivity index (χ1v) is 8.16. The van der Waals surface area contributed by atoms with Crippen molar-refractivity contribution in [1.29, 1.82) is 0 Å². The molecule has 1 aromatic heterocycles. The Bertz CT molecular complexity index is 1170. The number of carbonyl (C=O) groups is 2. The number of halogens is 2. The van der Waals surface area contributed by atoms with Crippen molar-refractivity contribution in [3.63, 3.8) is 0 Å². The summed E-state index contributed by atoms with van der Waals surface area (Å²) in [6, 6.07) is 10.1. The van der Waals surface area contributed by atoms with Gasteiger partial charge in [-0.2, -0.15) is 0 Å². The molecule has 142 valence electrons. The van der Waals surface area contributed by atoms with E-state index in [0.29, 0.717) is 11.1 Å². The summed E-state index contributed by atoms with van der Waals surface area (Å²) in [7, 11) is 0. The van der Waals surface area contributed by atoms with E-state index in [0.717, 1.165) is 0 Å². The zero-order valence-corrected chi connectivity index (χ0v) is 14.7. The molecule has 28 heavy (non-hydrogen) atoms. The minimum atomic E-state index is -1.59. The van der Waals surface area contributed by atoms with Gasteiger partial charge in [-0.3, -0.25) is 4.79 Å². The Morgan fingerprint density at radius 1 is 0.929 bits per heavy atom. The number of aromatic nitrogens is 1. The van der Waals surface area contributed by atoms with Crippen LogP contribution < -0.4 is 11.3 Å². The third-order valence-corrected chi connectivity index (χ3v) is 4.41. The second kappa shape index (κ2) is 7.16. The van der Waals surface area contributed by atoms with Crippen molar-refractivity contribution in [2.45, 2.75) is 0 Å². The molecule has 5 N–H and O–H groups in total. The van der Waals surface area contributed by atoms with Crippen molar-refractivity contribution in [2.75, 3.05) is 5.73 Å². The molecule has 9 heteroatoms. The number of carboxylic acid groups (broad SMARTS) is 2. The first-order chi connectivity index (χ1) is 13.2. The van der Waals surface area contributed by atoms with Crippen LogP contribution in [0.1, 0.15) is 20.7 Å². The summed E-state index contributed by atoms with van der Waals surface area (Å²) < 4.78 is 13.7. The SMILES string of the molecule is Nc1[nH]c(=O)c(C(=O)O)c(-c2ccc(-c3ccc(Cl)c(F)c3)cc2)c1C(=O)O. The minimum Gasteiger partial charge on any atom is -0.478 e. The third-order valence-electron chi connectivity index (χ3n) is 4.10. The van der Waals surface area contributed by atoms with Crippen molar-refractivity contribution in [1.82, 2.24) is 4.98 Å². The number of hydrogen-bond acceptors (Lipinski definition) is 4. The average molecular weight is 403 g/mol. The molecular formula is C19H12ClFN2O5. The number of aromatic carboxylic acids is 2. The van der Waals surface area contributed by atoms with Crippen LogP contribution in [0.15, 0.2) is 47.3 Å². The van der Waals surface area contributed by atoms with Crippen LogP contribution in [-0.4, -0.2) is 27.1 Å². The van der Waals surface area contributed by atoms with Crippen LogP contribution in [0.25, 0.3) is 22.3 Å². The first kappa shape index (κ1) is 19.1. The Hall–Kier alpha value is -3.65. The monoisotopic (exact) mass is 402 g/mol. The summed E-state index contributed by atoms with van der Waals surface area (Å²) in [4.78, 5) is 37.2. The van der Waals surface area contributed by atoms with Gasteiger partial charge in [-0.15, -0.1) is 0 Å². The Morgan fingerprint density at radius 2 is 1.46 bits per heavy atom. The predicted molar refractivity (Wildman–Crippen MR) is 101 cm³/mol. The molecule has 0 saturated carbocycles. The van der Waals surface area contributed by atoms with Gasteiger partial charge in [0.25, 0.3) is 5.56 Å². The van der Waals surface area contributed by atoms with E-state index in [2.05, 4.69) is 0 Å². The molecule has 3 rings (SSSR count). The highest BCUT2D eigenvalue weighted by molar-refractivity contribution is 6.30. The van der Waals surface area contributed by atoms with E-state index < -0.39 is 40.3 Å². The molecule has 0 spiro atoms. The van der Waals surface area contributed by atoms with Crippen LogP contribution in [0.3, 0.4) is 0 Å². The van der Waals surface area contributed by atoms with Gasteiger partial charge in [-0.25, -0.2) is 14.0 Å². The Balaban J connectivity index is 2.21. The quantitative estimate of drug-likeness (QED) is 0.528. The number of benzene rings is 2. The van der Waals surface area contributed by atoms with Gasteiger partial charge >= 0.3 is 11.9 Å². The maximum atomic E-state index is 13.7. The van der Waals surface area contributed by atoms with Gasteiger partial charge in [0.05, 0.1) is 5.02 Å². The largest absolute Gasteiger partial charge is 0.478 e. The lowest BCUT2D eigenvalue weighted by Gasteiger charge is -2.12. The lowest BCUT2D eigenvalue weighted by Crippen LogP contribution is -2.24. The summed E-state index contributed by atoms with van der Waals surface area (Å²) in [6.45, 7) is 0. The maximum Gasteiger partial charge on any atom is 0.342 e. The molecule has 7 nitrogen and oxygen atoms in total. The summed E-state index contributed by atoms with van der Waals surface area (Å²) in [5, 5.41) is 18.8. The van der Waals surface area contributed by atoms with E-state index in [1.165, 1.54) is 36.4 Å². The fourth-order valence-electron chi connectivity index (χ4n) is 2.84. The summed E-state index contributed by atoms with van der Waals surface area (Å²) in [5.74, 6) is -4.15. The molecule has 0 bridgehead atoms. The van der Waals surface area contributed by atoms with Crippen LogP contribution in [0, 0.1) is 5.82 Å². The lowest BCUT2D eigenvalue weighted by atomic mass is 9.94. The van der Waals surface area contributed by atoms with Gasteiger partial charge in [0.15, 0.2) is 0 Å². The van der Waals surface area contributed by atoms with Crippen molar-refractivity contribution < 1.29 is 24.2 Å². The number of nitrogens with two attached hydrogens (primary N) is 1. The second-order valence-corrected chi connectivity index (χ2v) is 6.22. The number of rotatable bonds is 4. The second-order valence-electron chi connectivity index (χ2n) is 5.81. The number of H-pyrrole nitrogens is 1. The van der Waals surface area contributed by atoms with Crippen LogP contribution >= 0.6 is 11.6 Å². The van der Waals surface area contributed by atoms with E-state index in [1.54, 1.807) is 6.07 Å². The third kappa shape index (κ3) is 3.33. The molecule has 0 aliphatic rings. The highest BCUT2D eigenvalue weighted by atomic mass is 35.5. The van der Waals surface area contributed by atoms with E-state index in [-0.39, 0.29) is 16.1 Å². The molecule has 1 heterocycles. The highest BCUT2D eigenvalue weighted by Crippen LogP contribution is 2.31. The van der Waals surface area contributed by atoms with Crippen molar-refractivity contribution >= 4 is 29.4 Å². The first-order valence-electron chi connectivity index (χ1n) is 7.79. The Morgan fingerprint density at radius 3 is 2.00 bits per heavy atom. The topological polar surface area (TPSA) is 133 Å². The van der Waals surface area contributed by atoms with Crippen LogP contribution in [0.5, 0.6) is 0 Å². The summed E-state index contributed by atoms with van der Waals surface area (Å²) in [5.41, 5.74) is 4.25. The standard InChI is InChI=1S/C19H12ClFN2O5/c20-11-6-5-10(7-12(11)21)8-1-3-9(4-2-8)13-14(18(25)26)16(22)23-17(24)15(13)19(27)28/h1-7H,(H,25,26)(H,27,28)(H3,22,23,24). The molecule has 0 aliphatic carbocycles. The molecule has 0 saturated heterocycles. The van der Waals surface area contributed by atoms with Gasteiger partial charge in [0, 0.05) is 5.56 Å². The summed E-state index contributed by atoms with van der Waals surface area (Å²) in [6.07, 6.45) is 0. The number of nitrogens with one attached hydrogen (secondary N) is 1. The minimum absolute atomic E-state index is 0.0310. The lowest BCUT2D eigenvalue weighted by molar-refractivity contribution is 0.0695. The van der Waals surface area contributed by atoms with Gasteiger partial charge in [-0.05, 0) is 28.8 Å². The molecule has 0 radical (unpaired) electrons.